The van der Waals surface area contributed by atoms with Crippen molar-refractivity contribution in [2.24, 2.45) is 0 Å². The van der Waals surface area contributed by atoms with Gasteiger partial charge in [0.25, 0.3) is 0 Å². The van der Waals surface area contributed by atoms with Crippen LogP contribution < -0.4 is 0 Å². The molecule has 1 saturated heterocycles. The zero-order valence-corrected chi connectivity index (χ0v) is 17.4. The van der Waals surface area contributed by atoms with Crippen LogP contribution in [-0.2, 0) is 28.4 Å². The number of hydrogen-bond acceptors (Lipinski definition) is 6. The van der Waals surface area contributed by atoms with Gasteiger partial charge in [0.05, 0.1) is 6.61 Å². The van der Waals surface area contributed by atoms with Crippen molar-refractivity contribution in [3.63, 3.8) is 0 Å². The largest absolute Gasteiger partial charge is 0.379 e. The van der Waals surface area contributed by atoms with E-state index in [1.54, 1.807) is 14.2 Å². The van der Waals surface area contributed by atoms with E-state index in [1.807, 2.05) is 0 Å². The fourth-order valence-corrected chi connectivity index (χ4v) is 3.02. The summed E-state index contributed by atoms with van der Waals surface area (Å²) < 4.78 is 35.6. The first-order valence-electron chi connectivity index (χ1n) is 10.2. The summed E-state index contributed by atoms with van der Waals surface area (Å²) in [4.78, 5) is 0. The Morgan fingerprint density at radius 2 is 1.27 bits per heavy atom. The van der Waals surface area contributed by atoms with Crippen LogP contribution in [0.25, 0.3) is 0 Å². The van der Waals surface area contributed by atoms with Crippen LogP contribution in [0.15, 0.2) is 0 Å². The van der Waals surface area contributed by atoms with Crippen molar-refractivity contribution in [1.29, 1.82) is 0 Å². The van der Waals surface area contributed by atoms with Gasteiger partial charge in [0, 0.05) is 34.0 Å². The van der Waals surface area contributed by atoms with Gasteiger partial charge in [-0.1, -0.05) is 40.0 Å². The molecule has 6 heteroatoms. The summed E-state index contributed by atoms with van der Waals surface area (Å²) in [7, 11) is 3.34. The minimum Gasteiger partial charge on any atom is -0.379 e. The van der Waals surface area contributed by atoms with Gasteiger partial charge in [0.2, 0.25) is 0 Å². The standard InChI is InChI=1S/C20H40O6/c1-6-9-12-23-15-16-17(24-13-10-7-2)18(21-4)19(20(22-5)26-16)25-14-11-8-3/h16-20H,6-15H2,1-5H3/t16?,17-,18?,19-,20+/m0/s1. The van der Waals surface area contributed by atoms with Gasteiger partial charge >= 0.3 is 0 Å². The topological polar surface area (TPSA) is 55.4 Å². The van der Waals surface area contributed by atoms with Gasteiger partial charge in [-0.05, 0) is 19.3 Å². The van der Waals surface area contributed by atoms with Gasteiger partial charge in [-0.15, -0.1) is 0 Å². The van der Waals surface area contributed by atoms with E-state index in [0.29, 0.717) is 19.8 Å². The Kier molecular flexibility index (Phi) is 13.5. The summed E-state index contributed by atoms with van der Waals surface area (Å²) >= 11 is 0. The molecule has 1 aliphatic rings. The van der Waals surface area contributed by atoms with E-state index in [1.165, 1.54) is 0 Å². The molecule has 1 heterocycles. The molecule has 5 atom stereocenters. The molecule has 26 heavy (non-hydrogen) atoms. The van der Waals surface area contributed by atoms with Crippen molar-refractivity contribution in [3.8, 4) is 0 Å². The average molecular weight is 377 g/mol. The predicted octanol–water partition coefficient (Wildman–Crippen LogP) is 3.56. The van der Waals surface area contributed by atoms with Crippen LogP contribution >= 0.6 is 0 Å². The highest BCUT2D eigenvalue weighted by Crippen LogP contribution is 2.29. The summed E-state index contributed by atoms with van der Waals surface area (Å²) in [5.41, 5.74) is 0. The number of hydrogen-bond donors (Lipinski definition) is 0. The second-order valence-electron chi connectivity index (χ2n) is 6.79. The molecule has 0 aromatic carbocycles. The lowest BCUT2D eigenvalue weighted by molar-refractivity contribution is -0.315. The Hall–Kier alpha value is -0.240. The van der Waals surface area contributed by atoms with Crippen molar-refractivity contribution in [2.45, 2.75) is 90.0 Å². The van der Waals surface area contributed by atoms with Crippen molar-refractivity contribution >= 4 is 0 Å². The van der Waals surface area contributed by atoms with E-state index in [4.69, 9.17) is 28.4 Å². The number of ether oxygens (including phenoxy) is 6. The van der Waals surface area contributed by atoms with Crippen LogP contribution in [0, 0.1) is 0 Å². The van der Waals surface area contributed by atoms with Gasteiger partial charge < -0.3 is 28.4 Å². The molecule has 156 valence electrons. The lowest BCUT2D eigenvalue weighted by Gasteiger charge is -2.45. The molecule has 1 fully saturated rings. The Morgan fingerprint density at radius 3 is 1.81 bits per heavy atom. The highest BCUT2D eigenvalue weighted by molar-refractivity contribution is 4.92. The van der Waals surface area contributed by atoms with Gasteiger partial charge in [-0.25, -0.2) is 0 Å². The SMILES string of the molecule is CCCCOCC1O[C@@H](OC)[C@@H](OCCCC)C(OC)[C@H]1OCCCC. The molecule has 0 bridgehead atoms. The Morgan fingerprint density at radius 1 is 0.692 bits per heavy atom. The first-order valence-corrected chi connectivity index (χ1v) is 10.2. The van der Waals surface area contributed by atoms with Gasteiger partial charge in [-0.2, -0.15) is 0 Å². The van der Waals surface area contributed by atoms with E-state index in [2.05, 4.69) is 20.8 Å². The van der Waals surface area contributed by atoms with Gasteiger partial charge in [0.15, 0.2) is 6.29 Å². The quantitative estimate of drug-likeness (QED) is 0.407. The maximum Gasteiger partial charge on any atom is 0.186 e. The molecule has 0 aromatic rings. The summed E-state index contributed by atoms with van der Waals surface area (Å²) in [6, 6.07) is 0. The Bertz CT molecular complexity index is 327. The molecule has 1 rings (SSSR count). The molecule has 2 unspecified atom stereocenters. The smallest absolute Gasteiger partial charge is 0.186 e. The third kappa shape index (κ3) is 7.79. The average Bonchev–Trinajstić information content (AvgIpc) is 2.66. The number of unbranched alkanes of at least 4 members (excludes halogenated alkanes) is 3. The van der Waals surface area contributed by atoms with Crippen molar-refractivity contribution < 1.29 is 28.4 Å². The molecule has 6 nitrogen and oxygen atoms in total. The molecular weight excluding hydrogens is 336 g/mol. The van der Waals surface area contributed by atoms with E-state index in [9.17, 15) is 0 Å². The Balaban J connectivity index is 2.79. The molecule has 0 saturated carbocycles. The third-order valence-corrected chi connectivity index (χ3v) is 4.64. The normalized spacial score (nSPS) is 29.2. The van der Waals surface area contributed by atoms with Crippen LogP contribution in [0.2, 0.25) is 0 Å². The fraction of sp³-hybridized carbons (Fsp3) is 1.00. The van der Waals surface area contributed by atoms with Crippen molar-refractivity contribution in [1.82, 2.24) is 0 Å². The van der Waals surface area contributed by atoms with E-state index < -0.39 is 6.29 Å². The first kappa shape index (κ1) is 23.8. The Labute approximate surface area is 159 Å². The van der Waals surface area contributed by atoms with Crippen LogP contribution in [0.4, 0.5) is 0 Å². The molecule has 0 amide bonds. The summed E-state index contributed by atoms with van der Waals surface area (Å²) in [6.45, 7) is 8.97. The minimum atomic E-state index is -0.484. The second-order valence-corrected chi connectivity index (χ2v) is 6.79. The van der Waals surface area contributed by atoms with E-state index in [0.717, 1.165) is 45.1 Å². The monoisotopic (exact) mass is 376 g/mol. The van der Waals surface area contributed by atoms with Crippen molar-refractivity contribution in [2.75, 3.05) is 40.6 Å². The lowest BCUT2D eigenvalue weighted by atomic mass is 9.98. The summed E-state index contributed by atoms with van der Waals surface area (Å²) in [6.07, 6.45) is 4.80. The van der Waals surface area contributed by atoms with E-state index in [-0.39, 0.29) is 24.4 Å². The number of rotatable bonds is 15. The maximum absolute atomic E-state index is 6.16. The third-order valence-electron chi connectivity index (χ3n) is 4.64. The van der Waals surface area contributed by atoms with Crippen LogP contribution in [-0.4, -0.2) is 71.4 Å². The van der Waals surface area contributed by atoms with Gasteiger partial charge in [-0.3, -0.25) is 0 Å². The highest BCUT2D eigenvalue weighted by Gasteiger charge is 2.48. The fourth-order valence-electron chi connectivity index (χ4n) is 3.02. The predicted molar refractivity (Wildman–Crippen MR) is 101 cm³/mol. The summed E-state index contributed by atoms with van der Waals surface area (Å²) in [5.74, 6) is 0. The molecule has 0 N–H and O–H groups in total. The molecule has 0 aromatic heterocycles. The molecular formula is C20H40O6. The minimum absolute atomic E-state index is 0.230. The van der Waals surface area contributed by atoms with Crippen LogP contribution in [0.1, 0.15) is 59.3 Å². The lowest BCUT2D eigenvalue weighted by Crippen LogP contribution is -2.61. The molecule has 1 aliphatic heterocycles. The first-order chi connectivity index (χ1) is 12.7. The maximum atomic E-state index is 6.16. The number of methoxy groups -OCH3 is 2. The van der Waals surface area contributed by atoms with Gasteiger partial charge in [0.1, 0.15) is 24.4 Å². The highest BCUT2D eigenvalue weighted by atomic mass is 16.7. The van der Waals surface area contributed by atoms with Crippen LogP contribution in [0.3, 0.4) is 0 Å². The van der Waals surface area contributed by atoms with Crippen molar-refractivity contribution in [3.05, 3.63) is 0 Å². The second kappa shape index (κ2) is 14.8. The summed E-state index contributed by atoms with van der Waals surface area (Å²) in [5, 5.41) is 0. The zero-order chi connectivity index (χ0) is 19.2. The molecule has 0 spiro atoms. The zero-order valence-electron chi connectivity index (χ0n) is 17.4. The van der Waals surface area contributed by atoms with Crippen LogP contribution in [0.5, 0.6) is 0 Å². The molecule has 0 radical (unpaired) electrons. The molecule has 0 aliphatic carbocycles. The van der Waals surface area contributed by atoms with E-state index >= 15 is 0 Å².